The van der Waals surface area contributed by atoms with Crippen LogP contribution in [-0.2, 0) is 17.8 Å². The van der Waals surface area contributed by atoms with Gasteiger partial charge in [-0.15, -0.1) is 0 Å². The predicted octanol–water partition coefficient (Wildman–Crippen LogP) is 2.99. The second-order valence-electron chi connectivity index (χ2n) is 5.91. The van der Waals surface area contributed by atoms with Gasteiger partial charge in [0.1, 0.15) is 5.82 Å². The Morgan fingerprint density at radius 3 is 2.95 bits per heavy atom. The summed E-state index contributed by atoms with van der Waals surface area (Å²) >= 11 is 0. The number of hydrogen-bond donors (Lipinski definition) is 1. The highest BCUT2D eigenvalue weighted by molar-refractivity contribution is 5.86. The van der Waals surface area contributed by atoms with E-state index in [2.05, 4.69) is 4.98 Å². The molecule has 1 fully saturated rings. The molecule has 1 aliphatic heterocycles. The summed E-state index contributed by atoms with van der Waals surface area (Å²) in [7, 11) is 0. The molecule has 1 amide bonds. The molecule has 4 rings (SSSR count). The minimum Gasteiger partial charge on any atom is -0.358 e. The van der Waals surface area contributed by atoms with E-state index in [1.807, 2.05) is 4.90 Å². The lowest BCUT2D eigenvalue weighted by Crippen LogP contribution is -2.41. The van der Waals surface area contributed by atoms with Gasteiger partial charge in [0.15, 0.2) is 0 Å². The van der Waals surface area contributed by atoms with Crippen LogP contribution in [0.4, 0.5) is 4.39 Å². The lowest BCUT2D eigenvalue weighted by molar-refractivity contribution is -0.139. The number of fused-ring (bicyclic) bond motifs is 3. The van der Waals surface area contributed by atoms with Crippen LogP contribution in [-0.4, -0.2) is 22.3 Å². The Kier molecular flexibility index (Phi) is 2.59. The fourth-order valence-corrected chi connectivity index (χ4v) is 3.29. The fraction of sp³-hybridized carbons (Fsp3) is 0.438. The van der Waals surface area contributed by atoms with Gasteiger partial charge in [0.2, 0.25) is 5.91 Å². The number of nitrogens with zero attached hydrogens (tertiary/aromatic N) is 1. The number of hydrogen-bond acceptors (Lipinski definition) is 1. The van der Waals surface area contributed by atoms with Crippen molar-refractivity contribution in [3.8, 4) is 0 Å². The van der Waals surface area contributed by atoms with Crippen molar-refractivity contribution in [2.45, 2.75) is 32.2 Å². The largest absolute Gasteiger partial charge is 0.358 e. The van der Waals surface area contributed by atoms with Gasteiger partial charge in [-0.05, 0) is 31.0 Å². The van der Waals surface area contributed by atoms with Crippen LogP contribution in [0.2, 0.25) is 0 Å². The molecule has 1 N–H and O–H groups in total. The van der Waals surface area contributed by atoms with E-state index in [0.717, 1.165) is 48.0 Å². The summed E-state index contributed by atoms with van der Waals surface area (Å²) in [5.74, 6) is 0.299. The van der Waals surface area contributed by atoms with Gasteiger partial charge in [0, 0.05) is 47.6 Å². The average molecular weight is 272 g/mol. The van der Waals surface area contributed by atoms with Crippen LogP contribution in [0.25, 0.3) is 10.9 Å². The maximum absolute atomic E-state index is 13.4. The number of carbonyl (C=O) groups is 1. The van der Waals surface area contributed by atoms with E-state index in [0.29, 0.717) is 6.54 Å². The number of aromatic nitrogens is 1. The highest BCUT2D eigenvalue weighted by atomic mass is 19.1. The van der Waals surface area contributed by atoms with Crippen LogP contribution >= 0.6 is 0 Å². The molecule has 1 saturated carbocycles. The first-order chi connectivity index (χ1) is 9.72. The van der Waals surface area contributed by atoms with E-state index in [1.54, 1.807) is 12.1 Å². The zero-order valence-corrected chi connectivity index (χ0v) is 11.3. The van der Waals surface area contributed by atoms with Crippen LogP contribution in [0.1, 0.15) is 30.5 Å². The Morgan fingerprint density at radius 1 is 1.35 bits per heavy atom. The first kappa shape index (κ1) is 11.9. The summed E-state index contributed by atoms with van der Waals surface area (Å²) in [5.41, 5.74) is 3.22. The molecule has 104 valence electrons. The molecule has 0 unspecified atom stereocenters. The molecule has 0 atom stereocenters. The standard InChI is InChI=1S/C16H17FN2O/c17-11-4-5-14-12(8-11)13-9-19(7-6-15(13)18-14)16(20)10-2-1-3-10/h4-5,8,10,18H,1-3,6-7,9H2. The van der Waals surface area contributed by atoms with Crippen molar-refractivity contribution in [2.75, 3.05) is 6.54 Å². The second-order valence-corrected chi connectivity index (χ2v) is 5.91. The molecule has 0 radical (unpaired) electrons. The molecular weight excluding hydrogens is 255 g/mol. The van der Waals surface area contributed by atoms with Gasteiger partial charge in [0.25, 0.3) is 0 Å². The molecule has 4 heteroatoms. The Hall–Kier alpha value is -1.84. The number of halogens is 1. The molecule has 1 aromatic heterocycles. The molecule has 0 bridgehead atoms. The van der Waals surface area contributed by atoms with Crippen LogP contribution in [0.15, 0.2) is 18.2 Å². The first-order valence-electron chi connectivity index (χ1n) is 7.30. The van der Waals surface area contributed by atoms with Crippen molar-refractivity contribution >= 4 is 16.8 Å². The molecule has 1 aliphatic carbocycles. The minimum absolute atomic E-state index is 0.221. The van der Waals surface area contributed by atoms with Gasteiger partial charge in [-0.2, -0.15) is 0 Å². The number of rotatable bonds is 1. The zero-order chi connectivity index (χ0) is 13.7. The molecule has 1 aromatic carbocycles. The van der Waals surface area contributed by atoms with Gasteiger partial charge >= 0.3 is 0 Å². The van der Waals surface area contributed by atoms with Gasteiger partial charge < -0.3 is 9.88 Å². The van der Waals surface area contributed by atoms with Gasteiger partial charge in [-0.25, -0.2) is 4.39 Å². The summed E-state index contributed by atoms with van der Waals surface area (Å²) in [6, 6.07) is 4.82. The van der Waals surface area contributed by atoms with E-state index in [-0.39, 0.29) is 17.6 Å². The normalized spacial score (nSPS) is 18.9. The van der Waals surface area contributed by atoms with Crippen molar-refractivity contribution in [1.29, 1.82) is 0 Å². The number of aromatic amines is 1. The molecular formula is C16H17FN2O. The SMILES string of the molecule is O=C(C1CCC1)N1CCc2[nH]c3ccc(F)cc3c2C1. The Bertz CT molecular complexity index is 687. The summed E-state index contributed by atoms with van der Waals surface area (Å²) in [6.45, 7) is 1.39. The maximum Gasteiger partial charge on any atom is 0.225 e. The van der Waals surface area contributed by atoms with Crippen LogP contribution in [0, 0.1) is 11.7 Å². The smallest absolute Gasteiger partial charge is 0.225 e. The number of carbonyl (C=O) groups excluding carboxylic acids is 1. The monoisotopic (exact) mass is 272 g/mol. The lowest BCUT2D eigenvalue weighted by atomic mass is 9.84. The molecule has 20 heavy (non-hydrogen) atoms. The van der Waals surface area contributed by atoms with E-state index >= 15 is 0 Å². The number of amides is 1. The summed E-state index contributed by atoms with van der Waals surface area (Å²) in [4.78, 5) is 17.7. The second kappa shape index (κ2) is 4.33. The zero-order valence-electron chi connectivity index (χ0n) is 11.3. The third-order valence-corrected chi connectivity index (χ3v) is 4.70. The summed E-state index contributed by atoms with van der Waals surface area (Å²) in [6.07, 6.45) is 4.08. The van der Waals surface area contributed by atoms with Crippen molar-refractivity contribution < 1.29 is 9.18 Å². The third kappa shape index (κ3) is 1.74. The summed E-state index contributed by atoms with van der Waals surface area (Å²) in [5, 5.41) is 0.922. The van der Waals surface area contributed by atoms with Gasteiger partial charge in [0.05, 0.1) is 0 Å². The first-order valence-corrected chi connectivity index (χ1v) is 7.30. The minimum atomic E-state index is -0.221. The summed E-state index contributed by atoms with van der Waals surface area (Å²) < 4.78 is 13.4. The number of H-pyrrole nitrogens is 1. The molecule has 0 saturated heterocycles. The van der Waals surface area contributed by atoms with Crippen LogP contribution < -0.4 is 0 Å². The quantitative estimate of drug-likeness (QED) is 0.851. The molecule has 2 aromatic rings. The van der Waals surface area contributed by atoms with E-state index in [4.69, 9.17) is 0 Å². The Balaban J connectivity index is 1.68. The van der Waals surface area contributed by atoms with Crippen molar-refractivity contribution in [3.05, 3.63) is 35.3 Å². The molecule has 2 heterocycles. The number of benzene rings is 1. The van der Waals surface area contributed by atoms with E-state index < -0.39 is 0 Å². The predicted molar refractivity (Wildman–Crippen MR) is 74.7 cm³/mol. The number of nitrogens with one attached hydrogen (secondary N) is 1. The Labute approximate surface area is 116 Å². The Morgan fingerprint density at radius 2 is 2.20 bits per heavy atom. The van der Waals surface area contributed by atoms with Gasteiger partial charge in [-0.1, -0.05) is 6.42 Å². The van der Waals surface area contributed by atoms with Gasteiger partial charge in [-0.3, -0.25) is 4.79 Å². The molecule has 3 nitrogen and oxygen atoms in total. The molecule has 0 spiro atoms. The highest BCUT2D eigenvalue weighted by Gasteiger charge is 2.32. The third-order valence-electron chi connectivity index (χ3n) is 4.70. The fourth-order valence-electron chi connectivity index (χ4n) is 3.29. The van der Waals surface area contributed by atoms with Crippen LogP contribution in [0.3, 0.4) is 0 Å². The van der Waals surface area contributed by atoms with Crippen LogP contribution in [0.5, 0.6) is 0 Å². The maximum atomic E-state index is 13.4. The molecule has 2 aliphatic rings. The topological polar surface area (TPSA) is 36.1 Å². The van der Waals surface area contributed by atoms with Crippen molar-refractivity contribution in [2.24, 2.45) is 5.92 Å². The van der Waals surface area contributed by atoms with Crippen molar-refractivity contribution in [1.82, 2.24) is 9.88 Å². The highest BCUT2D eigenvalue weighted by Crippen LogP contribution is 2.32. The van der Waals surface area contributed by atoms with E-state index in [1.165, 1.54) is 12.5 Å². The van der Waals surface area contributed by atoms with E-state index in [9.17, 15) is 9.18 Å². The average Bonchev–Trinajstić information content (AvgIpc) is 2.74. The lowest BCUT2D eigenvalue weighted by Gasteiger charge is -2.34. The van der Waals surface area contributed by atoms with Crippen molar-refractivity contribution in [3.63, 3.8) is 0 Å².